The van der Waals surface area contributed by atoms with E-state index in [2.05, 4.69) is 5.32 Å². The number of piperidine rings is 1. The van der Waals surface area contributed by atoms with Crippen molar-refractivity contribution in [1.82, 2.24) is 4.90 Å². The van der Waals surface area contributed by atoms with Gasteiger partial charge in [0.1, 0.15) is 11.6 Å². The van der Waals surface area contributed by atoms with Crippen molar-refractivity contribution in [3.05, 3.63) is 52.2 Å². The molecule has 9 heteroatoms. The van der Waals surface area contributed by atoms with Gasteiger partial charge in [0, 0.05) is 19.2 Å². The lowest BCUT2D eigenvalue weighted by Crippen LogP contribution is -2.40. The van der Waals surface area contributed by atoms with E-state index >= 15 is 0 Å². The Bertz CT molecular complexity index is 865. The summed E-state index contributed by atoms with van der Waals surface area (Å²) in [4.78, 5) is 38.6. The van der Waals surface area contributed by atoms with Crippen molar-refractivity contribution in [2.75, 3.05) is 25.0 Å². The van der Waals surface area contributed by atoms with Gasteiger partial charge in [0.05, 0.1) is 16.5 Å². The van der Waals surface area contributed by atoms with Gasteiger partial charge in [0.2, 0.25) is 0 Å². The summed E-state index contributed by atoms with van der Waals surface area (Å²) in [7, 11) is 0. The van der Waals surface area contributed by atoms with E-state index in [0.717, 1.165) is 18.2 Å². The number of halogens is 2. The second-order valence-electron chi connectivity index (χ2n) is 6.32. The molecule has 1 fully saturated rings. The summed E-state index contributed by atoms with van der Waals surface area (Å²) >= 11 is 1.37. The van der Waals surface area contributed by atoms with Gasteiger partial charge in [-0.15, -0.1) is 11.3 Å². The predicted octanol–water partition coefficient (Wildman–Crippen LogP) is 3.06. The van der Waals surface area contributed by atoms with Gasteiger partial charge < -0.3 is 15.0 Å². The molecule has 0 unspecified atom stereocenters. The highest BCUT2D eigenvalue weighted by Crippen LogP contribution is 2.22. The van der Waals surface area contributed by atoms with E-state index in [1.165, 1.54) is 11.3 Å². The topological polar surface area (TPSA) is 75.7 Å². The highest BCUT2D eigenvalue weighted by molar-refractivity contribution is 7.12. The zero-order valence-corrected chi connectivity index (χ0v) is 15.6. The number of thiophene rings is 1. The minimum atomic E-state index is -0.788. The quantitative estimate of drug-likeness (QED) is 0.772. The number of anilines is 1. The maximum Gasteiger partial charge on any atom is 0.309 e. The lowest BCUT2D eigenvalue weighted by molar-refractivity contribution is -0.152. The summed E-state index contributed by atoms with van der Waals surface area (Å²) in [5.41, 5.74) is -0.318. The Morgan fingerprint density at radius 3 is 2.61 bits per heavy atom. The SMILES string of the molecule is O=C(COC(=O)C1CCN(C(=O)c2cccs2)CC1)Nc1cc(F)ccc1F. The summed E-state index contributed by atoms with van der Waals surface area (Å²) in [5.74, 6) is -3.26. The van der Waals surface area contributed by atoms with Crippen molar-refractivity contribution >= 4 is 34.8 Å². The fourth-order valence-electron chi connectivity index (χ4n) is 2.91. The average Bonchev–Trinajstić information content (AvgIpc) is 3.23. The molecule has 0 bridgehead atoms. The van der Waals surface area contributed by atoms with Crippen LogP contribution in [-0.2, 0) is 14.3 Å². The van der Waals surface area contributed by atoms with Crippen molar-refractivity contribution in [1.29, 1.82) is 0 Å². The fourth-order valence-corrected chi connectivity index (χ4v) is 3.60. The number of nitrogens with one attached hydrogen (secondary N) is 1. The first-order valence-electron chi connectivity index (χ1n) is 8.68. The second-order valence-corrected chi connectivity index (χ2v) is 7.27. The molecule has 1 aromatic carbocycles. The first-order valence-corrected chi connectivity index (χ1v) is 9.56. The molecule has 0 saturated carbocycles. The monoisotopic (exact) mass is 408 g/mol. The maximum atomic E-state index is 13.5. The van der Waals surface area contributed by atoms with E-state index in [1.54, 1.807) is 11.0 Å². The fraction of sp³-hybridized carbons (Fsp3) is 0.316. The largest absolute Gasteiger partial charge is 0.455 e. The van der Waals surface area contributed by atoms with E-state index in [0.29, 0.717) is 30.8 Å². The summed E-state index contributed by atoms with van der Waals surface area (Å²) in [6, 6.07) is 6.23. The molecule has 148 valence electrons. The van der Waals surface area contributed by atoms with Crippen LogP contribution in [0.5, 0.6) is 0 Å². The molecule has 1 N–H and O–H groups in total. The van der Waals surface area contributed by atoms with E-state index in [4.69, 9.17) is 4.74 Å². The van der Waals surface area contributed by atoms with E-state index in [-0.39, 0.29) is 11.6 Å². The van der Waals surface area contributed by atoms with E-state index in [9.17, 15) is 23.2 Å². The number of hydrogen-bond acceptors (Lipinski definition) is 5. The van der Waals surface area contributed by atoms with Crippen molar-refractivity contribution in [3.8, 4) is 0 Å². The van der Waals surface area contributed by atoms with Crippen molar-refractivity contribution in [2.24, 2.45) is 5.92 Å². The van der Waals surface area contributed by atoms with Gasteiger partial charge in [-0.25, -0.2) is 8.78 Å². The van der Waals surface area contributed by atoms with Gasteiger partial charge in [-0.2, -0.15) is 0 Å². The van der Waals surface area contributed by atoms with Gasteiger partial charge in [0.25, 0.3) is 11.8 Å². The third-order valence-electron chi connectivity index (χ3n) is 4.40. The number of likely N-dealkylation sites (tertiary alicyclic amines) is 1. The van der Waals surface area contributed by atoms with Crippen LogP contribution in [0, 0.1) is 17.6 Å². The molecule has 1 aliphatic rings. The predicted molar refractivity (Wildman–Crippen MR) is 98.9 cm³/mol. The van der Waals surface area contributed by atoms with Crippen LogP contribution in [0.4, 0.5) is 14.5 Å². The molecule has 28 heavy (non-hydrogen) atoms. The number of rotatable bonds is 5. The Labute approximate surface area is 164 Å². The molecule has 0 aliphatic carbocycles. The lowest BCUT2D eigenvalue weighted by Gasteiger charge is -2.30. The first-order chi connectivity index (χ1) is 13.4. The Kier molecular flexibility index (Phi) is 6.35. The Morgan fingerprint density at radius 1 is 1.18 bits per heavy atom. The standard InChI is InChI=1S/C19H18F2N2O4S/c20-13-3-4-14(21)15(10-13)22-17(24)11-27-19(26)12-5-7-23(8-6-12)18(25)16-2-1-9-28-16/h1-4,9-10,12H,5-8,11H2,(H,22,24). The van der Waals surface area contributed by atoms with Crippen LogP contribution in [0.2, 0.25) is 0 Å². The molecular weight excluding hydrogens is 390 g/mol. The van der Waals surface area contributed by atoms with Crippen LogP contribution >= 0.6 is 11.3 Å². The molecule has 1 saturated heterocycles. The minimum absolute atomic E-state index is 0.0571. The van der Waals surface area contributed by atoms with Crippen LogP contribution in [0.15, 0.2) is 35.7 Å². The molecule has 2 heterocycles. The van der Waals surface area contributed by atoms with Crippen LogP contribution in [-0.4, -0.2) is 42.4 Å². The van der Waals surface area contributed by atoms with Gasteiger partial charge in [-0.05, 0) is 36.4 Å². The molecule has 2 amide bonds. The van der Waals surface area contributed by atoms with Gasteiger partial charge in [-0.1, -0.05) is 6.07 Å². The second kappa shape index (κ2) is 8.92. The number of hydrogen-bond donors (Lipinski definition) is 1. The third kappa shape index (κ3) is 4.92. The molecule has 2 aromatic rings. The minimum Gasteiger partial charge on any atom is -0.455 e. The van der Waals surface area contributed by atoms with E-state index in [1.807, 2.05) is 11.4 Å². The van der Waals surface area contributed by atoms with Crippen molar-refractivity contribution in [2.45, 2.75) is 12.8 Å². The highest BCUT2D eigenvalue weighted by Gasteiger charge is 2.29. The molecule has 0 spiro atoms. The normalized spacial score (nSPS) is 14.6. The molecule has 0 atom stereocenters. The van der Waals surface area contributed by atoms with Crippen LogP contribution < -0.4 is 5.32 Å². The van der Waals surface area contributed by atoms with Crippen molar-refractivity contribution < 1.29 is 27.9 Å². The van der Waals surface area contributed by atoms with Crippen LogP contribution in [0.25, 0.3) is 0 Å². The molecule has 3 rings (SSSR count). The van der Waals surface area contributed by atoms with Gasteiger partial charge >= 0.3 is 5.97 Å². The maximum absolute atomic E-state index is 13.5. The smallest absolute Gasteiger partial charge is 0.309 e. The van der Waals surface area contributed by atoms with Gasteiger partial charge in [-0.3, -0.25) is 14.4 Å². The zero-order chi connectivity index (χ0) is 20.1. The number of carbonyl (C=O) groups is 3. The Morgan fingerprint density at radius 2 is 1.93 bits per heavy atom. The Hall–Kier alpha value is -2.81. The highest BCUT2D eigenvalue weighted by atomic mass is 32.1. The summed E-state index contributed by atoms with van der Waals surface area (Å²) in [6.45, 7) is 0.261. The molecular formula is C19H18F2N2O4S. The summed E-state index contributed by atoms with van der Waals surface area (Å²) in [6.07, 6.45) is 0.881. The number of carbonyl (C=O) groups excluding carboxylic acids is 3. The molecule has 0 radical (unpaired) electrons. The number of nitrogens with zero attached hydrogens (tertiary/aromatic N) is 1. The third-order valence-corrected chi connectivity index (χ3v) is 5.25. The number of esters is 1. The van der Waals surface area contributed by atoms with Crippen LogP contribution in [0.1, 0.15) is 22.5 Å². The first kappa shape index (κ1) is 19.9. The zero-order valence-electron chi connectivity index (χ0n) is 14.8. The summed E-state index contributed by atoms with van der Waals surface area (Å²) in [5, 5.41) is 4.00. The molecule has 1 aliphatic heterocycles. The number of amides is 2. The average molecular weight is 408 g/mol. The van der Waals surface area contributed by atoms with E-state index < -0.39 is 36.0 Å². The number of benzene rings is 1. The lowest BCUT2D eigenvalue weighted by atomic mass is 9.97. The van der Waals surface area contributed by atoms with Crippen LogP contribution in [0.3, 0.4) is 0 Å². The molecule has 6 nitrogen and oxygen atoms in total. The summed E-state index contributed by atoms with van der Waals surface area (Å²) < 4.78 is 31.6. The Balaban J connectivity index is 1.44. The molecule has 1 aromatic heterocycles. The number of ether oxygens (including phenoxy) is 1. The van der Waals surface area contributed by atoms with Gasteiger partial charge in [0.15, 0.2) is 6.61 Å². The van der Waals surface area contributed by atoms with Crippen molar-refractivity contribution in [3.63, 3.8) is 0 Å².